The normalized spacial score (nSPS) is 18.8. The number of anilines is 1. The highest BCUT2D eigenvalue weighted by atomic mass is 15.2. The van der Waals surface area contributed by atoms with Crippen LogP contribution in [0, 0.1) is 0 Å². The molecule has 1 aliphatic rings. The Morgan fingerprint density at radius 3 is 2.38 bits per heavy atom. The lowest BCUT2D eigenvalue weighted by atomic mass is 10.3. The summed E-state index contributed by atoms with van der Waals surface area (Å²) in [4.78, 5) is 5.07. The maximum Gasteiger partial charge on any atom is 0.0366 e. The molecule has 0 amide bonds. The number of hydrogen-bond donors (Lipinski definition) is 0. The van der Waals surface area contributed by atoms with Gasteiger partial charge in [0.05, 0.1) is 0 Å². The average molecular weight is 218 g/mol. The molecule has 0 spiro atoms. The molecule has 1 saturated heterocycles. The first-order valence-corrected chi connectivity index (χ1v) is 6.31. The van der Waals surface area contributed by atoms with E-state index in [4.69, 9.17) is 0 Å². The molecule has 1 aliphatic heterocycles. The van der Waals surface area contributed by atoms with E-state index < -0.39 is 0 Å². The molecule has 88 valence electrons. The lowest BCUT2D eigenvalue weighted by Crippen LogP contribution is -2.35. The molecule has 1 aromatic rings. The van der Waals surface area contributed by atoms with Gasteiger partial charge in [0.15, 0.2) is 0 Å². The summed E-state index contributed by atoms with van der Waals surface area (Å²) in [5, 5.41) is 0. The van der Waals surface area contributed by atoms with Crippen molar-refractivity contribution in [1.82, 2.24) is 4.90 Å². The second-order valence-electron chi connectivity index (χ2n) is 4.81. The summed E-state index contributed by atoms with van der Waals surface area (Å²) in [6.45, 7) is 9.35. The molecule has 1 aromatic carbocycles. The van der Waals surface area contributed by atoms with Gasteiger partial charge in [-0.3, -0.25) is 4.90 Å². The Morgan fingerprint density at radius 1 is 0.938 bits per heavy atom. The molecule has 0 radical (unpaired) electrons. The quantitative estimate of drug-likeness (QED) is 0.753. The van der Waals surface area contributed by atoms with Gasteiger partial charge in [-0.25, -0.2) is 0 Å². The molecule has 2 heteroatoms. The lowest BCUT2D eigenvalue weighted by molar-refractivity contribution is 0.238. The first kappa shape index (κ1) is 11.5. The maximum absolute atomic E-state index is 2.57. The van der Waals surface area contributed by atoms with E-state index in [1.54, 1.807) is 0 Å². The van der Waals surface area contributed by atoms with Crippen LogP contribution in [-0.4, -0.2) is 37.1 Å². The van der Waals surface area contributed by atoms with E-state index in [2.05, 4.69) is 54.0 Å². The molecule has 0 saturated carbocycles. The van der Waals surface area contributed by atoms with E-state index in [0.29, 0.717) is 6.04 Å². The van der Waals surface area contributed by atoms with Gasteiger partial charge in [-0.1, -0.05) is 18.2 Å². The minimum absolute atomic E-state index is 0.677. The van der Waals surface area contributed by atoms with Gasteiger partial charge in [0.25, 0.3) is 0 Å². The van der Waals surface area contributed by atoms with Crippen LogP contribution in [0.1, 0.15) is 20.3 Å². The fourth-order valence-electron chi connectivity index (χ4n) is 2.35. The van der Waals surface area contributed by atoms with E-state index in [1.807, 2.05) is 0 Å². The number of benzene rings is 1. The van der Waals surface area contributed by atoms with E-state index in [1.165, 1.54) is 31.7 Å². The molecule has 0 N–H and O–H groups in total. The van der Waals surface area contributed by atoms with Crippen molar-refractivity contribution in [3.63, 3.8) is 0 Å². The third kappa shape index (κ3) is 2.76. The number of hydrogen-bond acceptors (Lipinski definition) is 2. The van der Waals surface area contributed by atoms with Crippen molar-refractivity contribution < 1.29 is 0 Å². The van der Waals surface area contributed by atoms with Crippen molar-refractivity contribution >= 4 is 5.69 Å². The van der Waals surface area contributed by atoms with Crippen LogP contribution in [0.3, 0.4) is 0 Å². The van der Waals surface area contributed by atoms with Crippen molar-refractivity contribution in [2.75, 3.05) is 31.1 Å². The second kappa shape index (κ2) is 5.35. The minimum atomic E-state index is 0.677. The molecule has 1 heterocycles. The van der Waals surface area contributed by atoms with Gasteiger partial charge >= 0.3 is 0 Å². The topological polar surface area (TPSA) is 6.48 Å². The van der Waals surface area contributed by atoms with Gasteiger partial charge in [-0.2, -0.15) is 0 Å². The smallest absolute Gasteiger partial charge is 0.0366 e. The van der Waals surface area contributed by atoms with E-state index in [9.17, 15) is 0 Å². The minimum Gasteiger partial charge on any atom is -0.370 e. The summed E-state index contributed by atoms with van der Waals surface area (Å²) in [6, 6.07) is 11.4. The molecule has 1 fully saturated rings. The fraction of sp³-hybridized carbons (Fsp3) is 0.571. The summed E-state index contributed by atoms with van der Waals surface area (Å²) in [5.74, 6) is 0. The Kier molecular flexibility index (Phi) is 3.83. The summed E-state index contributed by atoms with van der Waals surface area (Å²) in [6.07, 6.45) is 1.27. The average Bonchev–Trinajstić information content (AvgIpc) is 2.55. The molecule has 2 rings (SSSR count). The summed E-state index contributed by atoms with van der Waals surface area (Å²) in [5.41, 5.74) is 1.37. The van der Waals surface area contributed by atoms with Crippen molar-refractivity contribution in [3.8, 4) is 0 Å². The van der Waals surface area contributed by atoms with Gasteiger partial charge in [-0.15, -0.1) is 0 Å². The highest BCUT2D eigenvalue weighted by Crippen LogP contribution is 2.16. The van der Waals surface area contributed by atoms with Gasteiger partial charge < -0.3 is 4.90 Å². The van der Waals surface area contributed by atoms with Gasteiger partial charge in [0.2, 0.25) is 0 Å². The van der Waals surface area contributed by atoms with E-state index in [-0.39, 0.29) is 0 Å². The van der Waals surface area contributed by atoms with Gasteiger partial charge in [-0.05, 0) is 32.4 Å². The summed E-state index contributed by atoms with van der Waals surface area (Å²) < 4.78 is 0. The molecule has 2 nitrogen and oxygen atoms in total. The number of nitrogens with zero attached hydrogens (tertiary/aromatic N) is 2. The Morgan fingerprint density at radius 2 is 1.69 bits per heavy atom. The standard InChI is InChI=1S/C14H22N2/c1-13(2)15-9-6-10-16(12-11-15)14-7-4-3-5-8-14/h3-5,7-8,13H,6,9-12H2,1-2H3. The molecular weight excluding hydrogens is 196 g/mol. The predicted molar refractivity (Wildman–Crippen MR) is 70.0 cm³/mol. The maximum atomic E-state index is 2.57. The Balaban J connectivity index is 1.99. The predicted octanol–water partition coefficient (Wildman–Crippen LogP) is 2.61. The van der Waals surface area contributed by atoms with Crippen LogP contribution in [-0.2, 0) is 0 Å². The lowest BCUT2D eigenvalue weighted by Gasteiger charge is -2.25. The van der Waals surface area contributed by atoms with Crippen LogP contribution in [0.15, 0.2) is 30.3 Å². The molecule has 0 bridgehead atoms. The Bertz CT molecular complexity index is 308. The summed E-state index contributed by atoms with van der Waals surface area (Å²) in [7, 11) is 0. The van der Waals surface area contributed by atoms with Crippen molar-refractivity contribution in [1.29, 1.82) is 0 Å². The van der Waals surface area contributed by atoms with Crippen molar-refractivity contribution in [2.45, 2.75) is 26.3 Å². The van der Waals surface area contributed by atoms with Crippen LogP contribution in [0.25, 0.3) is 0 Å². The van der Waals surface area contributed by atoms with Crippen molar-refractivity contribution in [3.05, 3.63) is 30.3 Å². The molecule has 0 unspecified atom stereocenters. The van der Waals surface area contributed by atoms with Crippen LogP contribution >= 0.6 is 0 Å². The second-order valence-corrected chi connectivity index (χ2v) is 4.81. The third-order valence-electron chi connectivity index (χ3n) is 3.38. The van der Waals surface area contributed by atoms with Gasteiger partial charge in [0, 0.05) is 37.9 Å². The molecule has 16 heavy (non-hydrogen) atoms. The molecule has 0 aliphatic carbocycles. The zero-order chi connectivity index (χ0) is 11.4. The van der Waals surface area contributed by atoms with E-state index in [0.717, 1.165) is 6.54 Å². The SMILES string of the molecule is CC(C)N1CCCN(c2ccccc2)CC1. The highest BCUT2D eigenvalue weighted by molar-refractivity contribution is 5.46. The zero-order valence-electron chi connectivity index (χ0n) is 10.4. The van der Waals surface area contributed by atoms with Crippen LogP contribution < -0.4 is 4.90 Å². The highest BCUT2D eigenvalue weighted by Gasteiger charge is 2.16. The molecule has 0 aromatic heterocycles. The van der Waals surface area contributed by atoms with Crippen molar-refractivity contribution in [2.24, 2.45) is 0 Å². The summed E-state index contributed by atoms with van der Waals surface area (Å²) >= 11 is 0. The van der Waals surface area contributed by atoms with Crippen LogP contribution in [0.2, 0.25) is 0 Å². The number of para-hydroxylation sites is 1. The molecule has 0 atom stereocenters. The Hall–Kier alpha value is -1.02. The number of rotatable bonds is 2. The fourth-order valence-corrected chi connectivity index (χ4v) is 2.35. The molecular formula is C14H22N2. The third-order valence-corrected chi connectivity index (χ3v) is 3.38. The van der Waals surface area contributed by atoms with Crippen LogP contribution in [0.4, 0.5) is 5.69 Å². The van der Waals surface area contributed by atoms with E-state index >= 15 is 0 Å². The largest absolute Gasteiger partial charge is 0.370 e. The zero-order valence-corrected chi connectivity index (χ0v) is 10.4. The Labute approximate surface area is 98.9 Å². The first-order chi connectivity index (χ1) is 7.77. The monoisotopic (exact) mass is 218 g/mol. The van der Waals surface area contributed by atoms with Crippen LogP contribution in [0.5, 0.6) is 0 Å². The first-order valence-electron chi connectivity index (χ1n) is 6.31. The van der Waals surface area contributed by atoms with Gasteiger partial charge in [0.1, 0.15) is 0 Å².